The number of carbonyl (C=O) groups excluding carboxylic acids is 2. The highest BCUT2D eigenvalue weighted by atomic mass is 16.6. The second-order valence-corrected chi connectivity index (χ2v) is 7.16. The van der Waals surface area contributed by atoms with Gasteiger partial charge in [0.25, 0.3) is 0 Å². The molecule has 144 valence electrons. The van der Waals surface area contributed by atoms with E-state index < -0.39 is 11.7 Å². The fraction of sp³-hybridized carbons (Fsp3) is 0.611. The lowest BCUT2D eigenvalue weighted by Crippen LogP contribution is -2.42. The fourth-order valence-corrected chi connectivity index (χ4v) is 2.60. The molecule has 0 saturated carbocycles. The van der Waals surface area contributed by atoms with Crippen LogP contribution in [0.1, 0.15) is 40.5 Å². The zero-order chi connectivity index (χ0) is 19.2. The number of hydrogen-bond donors (Lipinski definition) is 2. The van der Waals surface area contributed by atoms with E-state index in [1.807, 2.05) is 26.8 Å². The van der Waals surface area contributed by atoms with Gasteiger partial charge in [0.1, 0.15) is 11.4 Å². The SMILES string of the molecule is CCOC(=O)N1CCC(Nc2ccc(NC(=O)OC(C)(C)C)cn2)CC1. The maximum Gasteiger partial charge on any atom is 0.412 e. The fourth-order valence-electron chi connectivity index (χ4n) is 2.60. The molecule has 0 spiro atoms. The molecule has 2 amide bonds. The van der Waals surface area contributed by atoms with Crippen LogP contribution in [0.15, 0.2) is 18.3 Å². The summed E-state index contributed by atoms with van der Waals surface area (Å²) < 4.78 is 10.2. The first-order valence-electron chi connectivity index (χ1n) is 8.91. The van der Waals surface area contributed by atoms with Gasteiger partial charge < -0.3 is 19.7 Å². The quantitative estimate of drug-likeness (QED) is 0.850. The molecule has 2 rings (SSSR count). The molecule has 1 aliphatic heterocycles. The van der Waals surface area contributed by atoms with Gasteiger partial charge in [-0.05, 0) is 52.7 Å². The van der Waals surface area contributed by atoms with Crippen LogP contribution < -0.4 is 10.6 Å². The van der Waals surface area contributed by atoms with Crippen molar-refractivity contribution in [3.8, 4) is 0 Å². The van der Waals surface area contributed by atoms with E-state index in [0.717, 1.165) is 18.7 Å². The zero-order valence-corrected chi connectivity index (χ0v) is 15.9. The van der Waals surface area contributed by atoms with Gasteiger partial charge in [0.2, 0.25) is 0 Å². The summed E-state index contributed by atoms with van der Waals surface area (Å²) >= 11 is 0. The average Bonchev–Trinajstić information content (AvgIpc) is 2.56. The summed E-state index contributed by atoms with van der Waals surface area (Å²) in [6.45, 7) is 8.95. The number of amides is 2. The third-order valence-corrected chi connectivity index (χ3v) is 3.78. The van der Waals surface area contributed by atoms with Crippen LogP contribution in [0, 0.1) is 0 Å². The lowest BCUT2D eigenvalue weighted by molar-refractivity contribution is 0.0635. The predicted molar refractivity (Wildman–Crippen MR) is 99.3 cm³/mol. The molecule has 0 radical (unpaired) electrons. The second-order valence-electron chi connectivity index (χ2n) is 7.16. The van der Waals surface area contributed by atoms with Crippen LogP contribution in [0.2, 0.25) is 0 Å². The van der Waals surface area contributed by atoms with E-state index in [-0.39, 0.29) is 12.1 Å². The Bertz CT molecular complexity index is 605. The van der Waals surface area contributed by atoms with Gasteiger partial charge in [-0.25, -0.2) is 14.6 Å². The molecule has 1 saturated heterocycles. The molecule has 8 heteroatoms. The topological polar surface area (TPSA) is 92.8 Å². The first kappa shape index (κ1) is 19.8. The molecule has 0 bridgehead atoms. The minimum absolute atomic E-state index is 0.248. The van der Waals surface area contributed by atoms with Gasteiger partial charge in [-0.15, -0.1) is 0 Å². The molecule has 1 aromatic heterocycles. The van der Waals surface area contributed by atoms with Crippen LogP contribution in [-0.4, -0.2) is 53.4 Å². The summed E-state index contributed by atoms with van der Waals surface area (Å²) in [4.78, 5) is 29.5. The predicted octanol–water partition coefficient (Wildman–Crippen LogP) is 3.46. The maximum atomic E-state index is 11.7. The van der Waals surface area contributed by atoms with Crippen molar-refractivity contribution < 1.29 is 19.1 Å². The van der Waals surface area contributed by atoms with Crippen molar-refractivity contribution in [2.75, 3.05) is 30.3 Å². The standard InChI is InChI=1S/C18H28N4O4/c1-5-25-17(24)22-10-8-13(9-11-22)20-15-7-6-14(12-19-15)21-16(23)26-18(2,3)4/h6-7,12-13H,5,8-11H2,1-4H3,(H,19,20)(H,21,23). The Kier molecular flexibility index (Phi) is 6.65. The first-order chi connectivity index (χ1) is 12.3. The lowest BCUT2D eigenvalue weighted by atomic mass is 10.1. The highest BCUT2D eigenvalue weighted by Crippen LogP contribution is 2.18. The molecule has 0 unspecified atom stereocenters. The van der Waals surface area contributed by atoms with Crippen molar-refractivity contribution in [2.45, 2.75) is 52.2 Å². The molecular formula is C18H28N4O4. The van der Waals surface area contributed by atoms with Crippen LogP contribution in [-0.2, 0) is 9.47 Å². The molecule has 2 heterocycles. The highest BCUT2D eigenvalue weighted by molar-refractivity contribution is 5.84. The van der Waals surface area contributed by atoms with E-state index in [4.69, 9.17) is 9.47 Å². The number of ether oxygens (including phenoxy) is 2. The maximum absolute atomic E-state index is 11.7. The number of carbonyl (C=O) groups is 2. The minimum atomic E-state index is -0.544. The number of likely N-dealkylation sites (tertiary alicyclic amines) is 1. The summed E-state index contributed by atoms with van der Waals surface area (Å²) in [6, 6.07) is 3.83. The number of nitrogens with one attached hydrogen (secondary N) is 2. The van der Waals surface area contributed by atoms with Crippen LogP contribution in [0.3, 0.4) is 0 Å². The Hall–Kier alpha value is -2.51. The van der Waals surface area contributed by atoms with Gasteiger partial charge in [-0.3, -0.25) is 5.32 Å². The molecule has 2 N–H and O–H groups in total. The number of rotatable bonds is 4. The van der Waals surface area contributed by atoms with Crippen LogP contribution >= 0.6 is 0 Å². The summed E-state index contributed by atoms with van der Waals surface area (Å²) in [5, 5.41) is 6.01. The zero-order valence-electron chi connectivity index (χ0n) is 15.9. The minimum Gasteiger partial charge on any atom is -0.450 e. The van der Waals surface area contributed by atoms with Gasteiger partial charge in [-0.2, -0.15) is 0 Å². The number of hydrogen-bond acceptors (Lipinski definition) is 6. The van der Waals surface area contributed by atoms with Gasteiger partial charge in [-0.1, -0.05) is 0 Å². The van der Waals surface area contributed by atoms with Crippen LogP contribution in [0.25, 0.3) is 0 Å². The Morgan fingerprint density at radius 3 is 2.50 bits per heavy atom. The Balaban J connectivity index is 1.79. The van der Waals surface area contributed by atoms with Crippen molar-refractivity contribution in [3.05, 3.63) is 18.3 Å². The Morgan fingerprint density at radius 1 is 1.27 bits per heavy atom. The second kappa shape index (κ2) is 8.73. The van der Waals surface area contributed by atoms with Crippen LogP contribution in [0.4, 0.5) is 21.1 Å². The van der Waals surface area contributed by atoms with Crippen molar-refractivity contribution in [1.82, 2.24) is 9.88 Å². The molecule has 0 atom stereocenters. The smallest absolute Gasteiger partial charge is 0.412 e. The molecule has 26 heavy (non-hydrogen) atoms. The molecule has 1 fully saturated rings. The summed E-state index contributed by atoms with van der Waals surface area (Å²) in [5.41, 5.74) is 0.0270. The number of piperidine rings is 1. The Morgan fingerprint density at radius 2 is 1.96 bits per heavy atom. The van der Waals surface area contributed by atoms with Crippen molar-refractivity contribution >= 4 is 23.7 Å². The van der Waals surface area contributed by atoms with Crippen LogP contribution in [0.5, 0.6) is 0 Å². The molecule has 1 aromatic rings. The van der Waals surface area contributed by atoms with E-state index in [2.05, 4.69) is 15.6 Å². The van der Waals surface area contributed by atoms with E-state index in [1.54, 1.807) is 24.1 Å². The third-order valence-electron chi connectivity index (χ3n) is 3.78. The molecule has 0 aromatic carbocycles. The van der Waals surface area contributed by atoms with E-state index in [1.165, 1.54) is 0 Å². The van der Waals surface area contributed by atoms with Gasteiger partial charge in [0, 0.05) is 19.1 Å². The lowest BCUT2D eigenvalue weighted by Gasteiger charge is -2.31. The normalized spacial score (nSPS) is 15.3. The van der Waals surface area contributed by atoms with Crippen molar-refractivity contribution in [2.24, 2.45) is 0 Å². The largest absolute Gasteiger partial charge is 0.450 e. The van der Waals surface area contributed by atoms with E-state index in [0.29, 0.717) is 25.4 Å². The number of nitrogens with zero attached hydrogens (tertiary/aromatic N) is 2. The van der Waals surface area contributed by atoms with Gasteiger partial charge >= 0.3 is 12.2 Å². The van der Waals surface area contributed by atoms with E-state index in [9.17, 15) is 9.59 Å². The third kappa shape index (κ3) is 6.42. The van der Waals surface area contributed by atoms with Gasteiger partial charge in [0.05, 0.1) is 18.5 Å². The monoisotopic (exact) mass is 364 g/mol. The Labute approximate surface area is 154 Å². The number of pyridine rings is 1. The molecule has 8 nitrogen and oxygen atoms in total. The van der Waals surface area contributed by atoms with Crippen molar-refractivity contribution in [3.63, 3.8) is 0 Å². The number of anilines is 2. The van der Waals surface area contributed by atoms with Gasteiger partial charge in [0.15, 0.2) is 0 Å². The number of aromatic nitrogens is 1. The summed E-state index contributed by atoms with van der Waals surface area (Å²) in [7, 11) is 0. The van der Waals surface area contributed by atoms with Crippen molar-refractivity contribution in [1.29, 1.82) is 0 Å². The molecular weight excluding hydrogens is 336 g/mol. The molecule has 1 aliphatic rings. The first-order valence-corrected chi connectivity index (χ1v) is 8.91. The van der Waals surface area contributed by atoms with E-state index >= 15 is 0 Å². The highest BCUT2D eigenvalue weighted by Gasteiger charge is 2.23. The molecule has 0 aliphatic carbocycles. The summed E-state index contributed by atoms with van der Waals surface area (Å²) in [6.07, 6.45) is 2.49. The summed E-state index contributed by atoms with van der Waals surface area (Å²) in [5.74, 6) is 0.731. The average molecular weight is 364 g/mol.